The average Bonchev–Trinajstić information content (AvgIpc) is 2.89. The van der Waals surface area contributed by atoms with Gasteiger partial charge in [-0.2, -0.15) is 5.10 Å². The highest BCUT2D eigenvalue weighted by Gasteiger charge is 2.09. The van der Waals surface area contributed by atoms with E-state index in [0.29, 0.717) is 16.5 Å². The summed E-state index contributed by atoms with van der Waals surface area (Å²) in [6.45, 7) is 0. The number of oxime groups is 1. The minimum atomic E-state index is -0.440. The summed E-state index contributed by atoms with van der Waals surface area (Å²) in [5.74, 6) is -0.0613. The smallest absolute Gasteiger partial charge is 0.183 e. The molecule has 0 aliphatic rings. The van der Waals surface area contributed by atoms with E-state index in [1.165, 1.54) is 30.2 Å². The van der Waals surface area contributed by atoms with E-state index < -0.39 is 5.82 Å². The number of nitrogens with one attached hydrogen (secondary N) is 1. The molecule has 0 saturated heterocycles. The van der Waals surface area contributed by atoms with Crippen LogP contribution in [0.5, 0.6) is 0 Å². The highest BCUT2D eigenvalue weighted by atomic mass is 32.2. The van der Waals surface area contributed by atoms with Crippen molar-refractivity contribution >= 4 is 17.6 Å². The molecule has 0 spiro atoms. The summed E-state index contributed by atoms with van der Waals surface area (Å²) in [5, 5.41) is 18.6. The third-order valence-electron chi connectivity index (χ3n) is 2.21. The van der Waals surface area contributed by atoms with Gasteiger partial charge in [0.15, 0.2) is 11.0 Å². The number of hydrogen-bond acceptors (Lipinski definition) is 5. The standard InChI is InChI=1S/C10H10FN5OS/c11-7-2-1-6(8(3-7)9(12)16-17)4-18-10-13-5-14-15-10/h1-3,5,17H,4H2,(H2,12,16)(H,13,14,15). The van der Waals surface area contributed by atoms with Crippen LogP contribution in [-0.4, -0.2) is 26.2 Å². The summed E-state index contributed by atoms with van der Waals surface area (Å²) >= 11 is 1.38. The number of benzene rings is 1. The minimum Gasteiger partial charge on any atom is -0.409 e. The van der Waals surface area contributed by atoms with Gasteiger partial charge in [0.2, 0.25) is 0 Å². The molecule has 0 saturated carbocycles. The molecule has 1 aromatic carbocycles. The lowest BCUT2D eigenvalue weighted by atomic mass is 10.1. The van der Waals surface area contributed by atoms with Crippen LogP contribution in [0.15, 0.2) is 34.8 Å². The summed E-state index contributed by atoms with van der Waals surface area (Å²) in [4.78, 5) is 3.95. The summed E-state index contributed by atoms with van der Waals surface area (Å²) in [5.41, 5.74) is 6.61. The number of hydrogen-bond donors (Lipinski definition) is 3. The molecule has 0 fully saturated rings. The van der Waals surface area contributed by atoms with E-state index in [0.717, 1.165) is 5.56 Å². The SMILES string of the molecule is NC(=NO)c1cc(F)ccc1CSc1ncn[nH]1. The summed E-state index contributed by atoms with van der Waals surface area (Å²) in [6.07, 6.45) is 1.40. The maximum Gasteiger partial charge on any atom is 0.183 e. The Balaban J connectivity index is 2.21. The molecule has 0 amide bonds. The Morgan fingerprint density at radius 3 is 3.06 bits per heavy atom. The lowest BCUT2D eigenvalue weighted by Gasteiger charge is -2.07. The normalized spacial score (nSPS) is 11.7. The highest BCUT2D eigenvalue weighted by molar-refractivity contribution is 7.98. The second-order valence-corrected chi connectivity index (χ2v) is 4.33. The lowest BCUT2D eigenvalue weighted by molar-refractivity contribution is 0.318. The number of thioether (sulfide) groups is 1. The molecule has 4 N–H and O–H groups in total. The molecule has 0 aliphatic carbocycles. The molecule has 8 heteroatoms. The fraction of sp³-hybridized carbons (Fsp3) is 0.100. The number of nitrogens with two attached hydrogens (primary N) is 1. The second kappa shape index (κ2) is 5.50. The number of amidine groups is 1. The Bertz CT molecular complexity index is 557. The van der Waals surface area contributed by atoms with E-state index >= 15 is 0 Å². The van der Waals surface area contributed by atoms with Crippen molar-refractivity contribution in [2.75, 3.05) is 0 Å². The van der Waals surface area contributed by atoms with Gasteiger partial charge in [0.25, 0.3) is 0 Å². The van der Waals surface area contributed by atoms with E-state index in [9.17, 15) is 4.39 Å². The quantitative estimate of drug-likeness (QED) is 0.255. The number of rotatable bonds is 4. The van der Waals surface area contributed by atoms with Gasteiger partial charge in [-0.25, -0.2) is 9.37 Å². The first-order chi connectivity index (χ1) is 8.70. The molecule has 0 aliphatic heterocycles. The first kappa shape index (κ1) is 12.4. The summed E-state index contributed by atoms with van der Waals surface area (Å²) in [7, 11) is 0. The third kappa shape index (κ3) is 2.77. The summed E-state index contributed by atoms with van der Waals surface area (Å²) in [6, 6.07) is 4.14. The average molecular weight is 267 g/mol. The third-order valence-corrected chi connectivity index (χ3v) is 3.14. The van der Waals surface area contributed by atoms with Gasteiger partial charge in [0.1, 0.15) is 12.1 Å². The van der Waals surface area contributed by atoms with Crippen molar-refractivity contribution in [3.05, 3.63) is 41.5 Å². The molecule has 94 valence electrons. The van der Waals surface area contributed by atoms with Crippen molar-refractivity contribution in [2.45, 2.75) is 10.9 Å². The van der Waals surface area contributed by atoms with E-state index in [1.54, 1.807) is 6.07 Å². The lowest BCUT2D eigenvalue weighted by Crippen LogP contribution is -2.15. The maximum absolute atomic E-state index is 13.1. The maximum atomic E-state index is 13.1. The Morgan fingerprint density at radius 2 is 2.39 bits per heavy atom. The van der Waals surface area contributed by atoms with Crippen LogP contribution < -0.4 is 5.73 Å². The number of nitrogens with zero attached hydrogens (tertiary/aromatic N) is 3. The van der Waals surface area contributed by atoms with Crippen LogP contribution in [0.3, 0.4) is 0 Å². The molecule has 2 aromatic rings. The van der Waals surface area contributed by atoms with Crippen molar-refractivity contribution in [1.29, 1.82) is 0 Å². The Kier molecular flexibility index (Phi) is 3.78. The van der Waals surface area contributed by atoms with Gasteiger partial charge < -0.3 is 10.9 Å². The Morgan fingerprint density at radius 1 is 1.56 bits per heavy atom. The molecule has 0 atom stereocenters. The van der Waals surface area contributed by atoms with Gasteiger partial charge in [-0.05, 0) is 17.7 Å². The number of H-pyrrole nitrogens is 1. The zero-order valence-electron chi connectivity index (χ0n) is 9.17. The number of aromatic amines is 1. The van der Waals surface area contributed by atoms with Gasteiger partial charge in [0, 0.05) is 11.3 Å². The number of aromatic nitrogens is 3. The van der Waals surface area contributed by atoms with Crippen LogP contribution in [0.2, 0.25) is 0 Å². The first-order valence-electron chi connectivity index (χ1n) is 4.95. The zero-order chi connectivity index (χ0) is 13.0. The van der Waals surface area contributed by atoms with Crippen molar-refractivity contribution in [2.24, 2.45) is 10.9 Å². The Labute approximate surface area is 106 Å². The molecule has 1 heterocycles. The van der Waals surface area contributed by atoms with Gasteiger partial charge in [-0.15, -0.1) is 0 Å². The molecule has 0 bridgehead atoms. The molecular formula is C10H10FN5OS. The Hall–Kier alpha value is -2.09. The van der Waals surface area contributed by atoms with E-state index in [1.807, 2.05) is 0 Å². The monoisotopic (exact) mass is 267 g/mol. The first-order valence-corrected chi connectivity index (χ1v) is 5.93. The van der Waals surface area contributed by atoms with Gasteiger partial charge >= 0.3 is 0 Å². The fourth-order valence-electron chi connectivity index (χ4n) is 1.38. The zero-order valence-corrected chi connectivity index (χ0v) is 9.99. The molecule has 0 radical (unpaired) electrons. The topological polar surface area (TPSA) is 100 Å². The molecule has 0 unspecified atom stereocenters. The van der Waals surface area contributed by atoms with Crippen molar-refractivity contribution in [1.82, 2.24) is 15.2 Å². The van der Waals surface area contributed by atoms with E-state index in [-0.39, 0.29) is 5.84 Å². The van der Waals surface area contributed by atoms with Gasteiger partial charge in [-0.1, -0.05) is 23.0 Å². The predicted octanol–water partition coefficient (Wildman–Crippen LogP) is 1.33. The van der Waals surface area contributed by atoms with Crippen molar-refractivity contribution in [3.8, 4) is 0 Å². The van der Waals surface area contributed by atoms with Crippen molar-refractivity contribution < 1.29 is 9.60 Å². The van der Waals surface area contributed by atoms with Crippen LogP contribution in [0, 0.1) is 5.82 Å². The van der Waals surface area contributed by atoms with E-state index in [4.69, 9.17) is 10.9 Å². The molecular weight excluding hydrogens is 257 g/mol. The van der Waals surface area contributed by atoms with Crippen LogP contribution >= 0.6 is 11.8 Å². The minimum absolute atomic E-state index is 0.123. The van der Waals surface area contributed by atoms with E-state index in [2.05, 4.69) is 20.3 Å². The largest absolute Gasteiger partial charge is 0.409 e. The fourth-order valence-corrected chi connectivity index (χ4v) is 2.16. The second-order valence-electron chi connectivity index (χ2n) is 3.37. The summed E-state index contributed by atoms with van der Waals surface area (Å²) < 4.78 is 13.1. The van der Waals surface area contributed by atoms with Gasteiger partial charge in [-0.3, -0.25) is 5.10 Å². The van der Waals surface area contributed by atoms with Gasteiger partial charge in [0.05, 0.1) is 0 Å². The molecule has 2 rings (SSSR count). The number of halogens is 1. The van der Waals surface area contributed by atoms with Crippen LogP contribution in [-0.2, 0) is 5.75 Å². The highest BCUT2D eigenvalue weighted by Crippen LogP contribution is 2.21. The molecule has 6 nitrogen and oxygen atoms in total. The van der Waals surface area contributed by atoms with Crippen LogP contribution in [0.4, 0.5) is 4.39 Å². The molecule has 18 heavy (non-hydrogen) atoms. The van der Waals surface area contributed by atoms with Crippen molar-refractivity contribution in [3.63, 3.8) is 0 Å². The predicted molar refractivity (Wildman–Crippen MR) is 64.9 cm³/mol. The van der Waals surface area contributed by atoms with Crippen LogP contribution in [0.1, 0.15) is 11.1 Å². The van der Waals surface area contributed by atoms with Crippen LogP contribution in [0.25, 0.3) is 0 Å². The molecule has 1 aromatic heterocycles.